The molecule has 3 aliphatic heterocycles. The first-order chi connectivity index (χ1) is 18.8. The van der Waals surface area contributed by atoms with Crippen LogP contribution in [0, 0.1) is 5.41 Å². The Hall–Kier alpha value is -2.88. The second kappa shape index (κ2) is 10.6. The molecule has 1 aromatic carbocycles. The number of benzene rings is 1. The molecule has 2 saturated heterocycles. The van der Waals surface area contributed by atoms with Crippen LogP contribution in [0.3, 0.4) is 0 Å². The molecular formula is C30H37N5O3S. The molecule has 1 atom stereocenters. The second-order valence-corrected chi connectivity index (χ2v) is 13.1. The summed E-state index contributed by atoms with van der Waals surface area (Å²) in [4.78, 5) is 49.3. The molecule has 0 spiro atoms. The molecule has 39 heavy (non-hydrogen) atoms. The lowest BCUT2D eigenvalue weighted by Crippen LogP contribution is -2.52. The fourth-order valence-electron chi connectivity index (χ4n) is 6.49. The smallest absolute Gasteiger partial charge is 0.255 e. The Morgan fingerprint density at radius 3 is 2.54 bits per heavy atom. The fourth-order valence-corrected chi connectivity index (χ4v) is 7.21. The Bertz CT molecular complexity index is 1310. The highest BCUT2D eigenvalue weighted by Gasteiger charge is 2.39. The number of piperazine rings is 1. The van der Waals surface area contributed by atoms with Crippen molar-refractivity contribution in [1.29, 1.82) is 0 Å². The van der Waals surface area contributed by atoms with E-state index in [9.17, 15) is 14.4 Å². The summed E-state index contributed by atoms with van der Waals surface area (Å²) in [5.74, 6) is -0.738. The van der Waals surface area contributed by atoms with Crippen LogP contribution in [0.2, 0.25) is 0 Å². The van der Waals surface area contributed by atoms with Crippen LogP contribution in [-0.4, -0.2) is 76.2 Å². The van der Waals surface area contributed by atoms with Gasteiger partial charge in [0.05, 0.1) is 10.4 Å². The Labute approximate surface area is 234 Å². The molecule has 1 unspecified atom stereocenters. The molecule has 2 fully saturated rings. The number of imide groups is 1. The number of nitrogens with zero attached hydrogens (tertiary/aromatic N) is 4. The molecule has 3 amide bonds. The maximum absolute atomic E-state index is 13.0. The Morgan fingerprint density at radius 2 is 1.82 bits per heavy atom. The van der Waals surface area contributed by atoms with Crippen molar-refractivity contribution in [2.75, 3.05) is 32.7 Å². The second-order valence-electron chi connectivity index (χ2n) is 12.2. The average molecular weight is 548 g/mol. The number of amides is 3. The largest absolute Gasteiger partial charge is 0.322 e. The summed E-state index contributed by atoms with van der Waals surface area (Å²) in [5.41, 5.74) is 8.26. The molecule has 6 rings (SSSR count). The summed E-state index contributed by atoms with van der Waals surface area (Å²) in [5, 5.41) is 2.37. The minimum Gasteiger partial charge on any atom is -0.322 e. The van der Waals surface area contributed by atoms with Crippen LogP contribution in [-0.2, 0) is 22.7 Å². The van der Waals surface area contributed by atoms with Gasteiger partial charge in [0.15, 0.2) is 0 Å². The number of rotatable bonds is 6. The van der Waals surface area contributed by atoms with Gasteiger partial charge in [0, 0.05) is 64.0 Å². The van der Waals surface area contributed by atoms with Gasteiger partial charge in [-0.3, -0.25) is 34.5 Å². The van der Waals surface area contributed by atoms with Crippen molar-refractivity contribution in [2.45, 2.75) is 65.1 Å². The van der Waals surface area contributed by atoms with E-state index in [1.54, 1.807) is 21.8 Å². The zero-order valence-corrected chi connectivity index (χ0v) is 23.7. The van der Waals surface area contributed by atoms with Gasteiger partial charge >= 0.3 is 0 Å². The summed E-state index contributed by atoms with van der Waals surface area (Å²) in [6.45, 7) is 11.2. The number of aromatic nitrogens is 1. The first kappa shape index (κ1) is 26.3. The van der Waals surface area contributed by atoms with Crippen molar-refractivity contribution in [1.82, 2.24) is 25.0 Å². The summed E-state index contributed by atoms with van der Waals surface area (Å²) < 4.78 is 0. The van der Waals surface area contributed by atoms with Gasteiger partial charge in [-0.1, -0.05) is 31.6 Å². The first-order valence-electron chi connectivity index (χ1n) is 14.1. The number of thiazole rings is 1. The number of fused-ring (bicyclic) bond motifs is 1. The van der Waals surface area contributed by atoms with Crippen molar-refractivity contribution < 1.29 is 14.4 Å². The maximum atomic E-state index is 13.0. The van der Waals surface area contributed by atoms with Crippen LogP contribution in [0.25, 0.3) is 5.57 Å². The van der Waals surface area contributed by atoms with E-state index in [2.05, 4.69) is 40.0 Å². The third kappa shape index (κ3) is 5.58. The van der Waals surface area contributed by atoms with Gasteiger partial charge in [-0.05, 0) is 53.9 Å². The first-order valence-corrected chi connectivity index (χ1v) is 14.9. The van der Waals surface area contributed by atoms with E-state index < -0.39 is 6.04 Å². The summed E-state index contributed by atoms with van der Waals surface area (Å²) in [6, 6.07) is 5.52. The molecule has 0 saturated carbocycles. The minimum absolute atomic E-state index is 0.113. The van der Waals surface area contributed by atoms with Gasteiger partial charge in [0.1, 0.15) is 6.04 Å². The Balaban J connectivity index is 1.06. The molecule has 4 aliphatic rings. The lowest BCUT2D eigenvalue weighted by atomic mass is 9.74. The number of hydrogen-bond donors (Lipinski definition) is 1. The van der Waals surface area contributed by atoms with Crippen LogP contribution in [0.4, 0.5) is 0 Å². The molecule has 1 N–H and O–H groups in total. The van der Waals surface area contributed by atoms with Gasteiger partial charge in [0.25, 0.3) is 5.91 Å². The van der Waals surface area contributed by atoms with Crippen molar-refractivity contribution in [3.63, 3.8) is 0 Å². The zero-order valence-electron chi connectivity index (χ0n) is 22.9. The number of nitrogens with one attached hydrogen (secondary N) is 1. The summed E-state index contributed by atoms with van der Waals surface area (Å²) in [7, 11) is 0. The standard InChI is InChI=1S/C30H37N5O3S/c1-30(2)8-7-21(24(14-30)26-15-31-19-39-26)17-34-11-9-33(10-12-34)16-20-3-4-23-22(13-20)18-35(29(23)38)25-5-6-27(36)32-28(25)37/h3-4,13,15,19,25H,5-12,14,16-18H2,1-2H3,(H,32,36,37). The SMILES string of the molecule is CC1(C)CCC(CN2CCN(Cc3ccc4c(c3)CN(C3CCC(=O)NC3=O)C4=O)CC2)=C(c2cncs2)C1. The topological polar surface area (TPSA) is 85.9 Å². The normalized spacial score (nSPS) is 24.3. The zero-order chi connectivity index (χ0) is 27.1. The molecule has 2 aromatic rings. The molecule has 8 nitrogen and oxygen atoms in total. The third-order valence-electron chi connectivity index (χ3n) is 8.79. The van der Waals surface area contributed by atoms with Crippen LogP contribution in [0.5, 0.6) is 0 Å². The molecule has 0 bridgehead atoms. The average Bonchev–Trinajstić information content (AvgIpc) is 3.55. The molecule has 1 aliphatic carbocycles. The minimum atomic E-state index is -0.568. The van der Waals surface area contributed by atoms with Gasteiger partial charge in [0.2, 0.25) is 11.8 Å². The van der Waals surface area contributed by atoms with Gasteiger partial charge in [-0.25, -0.2) is 0 Å². The number of hydrogen-bond acceptors (Lipinski definition) is 7. The van der Waals surface area contributed by atoms with Crippen LogP contribution >= 0.6 is 11.3 Å². The van der Waals surface area contributed by atoms with E-state index in [0.29, 0.717) is 23.9 Å². The molecule has 206 valence electrons. The van der Waals surface area contributed by atoms with E-state index >= 15 is 0 Å². The van der Waals surface area contributed by atoms with Crippen LogP contribution in [0.1, 0.15) is 72.3 Å². The van der Waals surface area contributed by atoms with Crippen molar-refractivity contribution in [2.24, 2.45) is 5.41 Å². The van der Waals surface area contributed by atoms with E-state index in [-0.39, 0.29) is 24.1 Å². The van der Waals surface area contributed by atoms with Crippen molar-refractivity contribution >= 4 is 34.6 Å². The molecule has 0 radical (unpaired) electrons. The quantitative estimate of drug-likeness (QED) is 0.556. The molecule has 1 aromatic heterocycles. The maximum Gasteiger partial charge on any atom is 0.255 e. The summed E-state index contributed by atoms with van der Waals surface area (Å²) in [6.07, 6.45) is 6.24. The van der Waals surface area contributed by atoms with Gasteiger partial charge in [-0.15, -0.1) is 11.3 Å². The highest BCUT2D eigenvalue weighted by molar-refractivity contribution is 7.10. The molecule has 9 heteroatoms. The van der Waals surface area contributed by atoms with E-state index in [4.69, 9.17) is 0 Å². The highest BCUT2D eigenvalue weighted by Crippen LogP contribution is 2.44. The monoisotopic (exact) mass is 547 g/mol. The van der Waals surface area contributed by atoms with Crippen molar-refractivity contribution in [3.05, 3.63) is 57.0 Å². The number of allylic oxidation sites excluding steroid dienone is 1. The van der Waals surface area contributed by atoms with Crippen LogP contribution in [0.15, 0.2) is 35.5 Å². The lowest BCUT2D eigenvalue weighted by Gasteiger charge is -2.38. The Morgan fingerprint density at radius 1 is 1.05 bits per heavy atom. The fraction of sp³-hybridized carbons (Fsp3) is 0.533. The Kier molecular flexibility index (Phi) is 7.16. The number of carbonyl (C=O) groups is 3. The molecular weight excluding hydrogens is 510 g/mol. The van der Waals surface area contributed by atoms with Gasteiger partial charge < -0.3 is 4.90 Å². The predicted molar refractivity (Wildman–Crippen MR) is 151 cm³/mol. The highest BCUT2D eigenvalue weighted by atomic mass is 32.1. The van der Waals surface area contributed by atoms with E-state index in [1.165, 1.54) is 28.9 Å². The van der Waals surface area contributed by atoms with Crippen molar-refractivity contribution in [3.8, 4) is 0 Å². The van der Waals surface area contributed by atoms with Gasteiger partial charge in [-0.2, -0.15) is 0 Å². The summed E-state index contributed by atoms with van der Waals surface area (Å²) >= 11 is 1.76. The van der Waals surface area contributed by atoms with Crippen LogP contribution < -0.4 is 5.32 Å². The lowest BCUT2D eigenvalue weighted by molar-refractivity contribution is -0.136. The molecule has 4 heterocycles. The number of piperidine rings is 1. The van der Waals surface area contributed by atoms with E-state index in [0.717, 1.165) is 51.3 Å². The third-order valence-corrected chi connectivity index (χ3v) is 9.62. The predicted octanol–water partition coefficient (Wildman–Crippen LogP) is 3.69. The van der Waals surface area contributed by atoms with E-state index in [1.807, 2.05) is 23.8 Å². The number of carbonyl (C=O) groups excluding carboxylic acids is 3.